The van der Waals surface area contributed by atoms with Crippen LogP contribution in [-0.4, -0.2) is 38.1 Å². The molecule has 0 saturated carbocycles. The van der Waals surface area contributed by atoms with Gasteiger partial charge in [0, 0.05) is 6.04 Å². The van der Waals surface area contributed by atoms with Gasteiger partial charge in [-0.3, -0.25) is 0 Å². The molecular weight excluding hydrogens is 254 g/mol. The smallest absolute Gasteiger partial charge is 0.119 e. The lowest BCUT2D eigenvalue weighted by Gasteiger charge is -2.14. The number of hydrogen-bond donors (Lipinski definition) is 2. The van der Waals surface area contributed by atoms with E-state index in [0.717, 1.165) is 18.7 Å². The monoisotopic (exact) mass is 279 g/mol. The summed E-state index contributed by atoms with van der Waals surface area (Å²) in [7, 11) is 0. The van der Waals surface area contributed by atoms with E-state index in [0.29, 0.717) is 25.9 Å². The summed E-state index contributed by atoms with van der Waals surface area (Å²) in [6, 6.07) is 6.87. The first-order valence-corrected chi connectivity index (χ1v) is 7.52. The summed E-state index contributed by atoms with van der Waals surface area (Å²) in [5, 5.41) is 12.2. The van der Waals surface area contributed by atoms with Crippen molar-refractivity contribution in [1.29, 1.82) is 0 Å². The van der Waals surface area contributed by atoms with Crippen LogP contribution in [0, 0.1) is 0 Å². The number of rotatable bonds is 9. The quantitative estimate of drug-likeness (QED) is 0.679. The van der Waals surface area contributed by atoms with Crippen LogP contribution in [0.1, 0.15) is 36.9 Å². The predicted octanol–water partition coefficient (Wildman–Crippen LogP) is 2.06. The zero-order valence-electron chi connectivity index (χ0n) is 12.2. The van der Waals surface area contributed by atoms with E-state index in [2.05, 4.69) is 24.4 Å². The average Bonchev–Trinajstić information content (AvgIpc) is 2.87. The van der Waals surface area contributed by atoms with Crippen LogP contribution < -0.4 is 10.1 Å². The molecule has 1 aromatic carbocycles. The second kappa shape index (κ2) is 8.25. The van der Waals surface area contributed by atoms with Gasteiger partial charge in [0.05, 0.1) is 19.8 Å². The number of fused-ring (bicyclic) bond motifs is 1. The first-order chi connectivity index (χ1) is 9.85. The Kier molecular flexibility index (Phi) is 6.30. The number of benzene rings is 1. The van der Waals surface area contributed by atoms with Gasteiger partial charge in [0.25, 0.3) is 0 Å². The molecule has 4 heteroatoms. The Morgan fingerprint density at radius 2 is 2.20 bits per heavy atom. The fraction of sp³-hybridized carbons (Fsp3) is 0.625. The van der Waals surface area contributed by atoms with Crippen LogP contribution in [0.2, 0.25) is 0 Å². The normalized spacial score (nSPS) is 17.2. The summed E-state index contributed by atoms with van der Waals surface area (Å²) < 4.78 is 10.8. The molecule has 0 saturated heterocycles. The lowest BCUT2D eigenvalue weighted by molar-refractivity contribution is 0.0705. The molecule has 0 spiro atoms. The first-order valence-electron chi connectivity index (χ1n) is 7.52. The summed E-state index contributed by atoms with van der Waals surface area (Å²) in [6.45, 7) is 4.74. The largest absolute Gasteiger partial charge is 0.491 e. The third-order valence-electron chi connectivity index (χ3n) is 3.56. The first kappa shape index (κ1) is 15.3. The Hall–Kier alpha value is -1.10. The van der Waals surface area contributed by atoms with Crippen molar-refractivity contribution in [2.45, 2.75) is 32.2 Å². The van der Waals surface area contributed by atoms with E-state index in [1.807, 2.05) is 6.07 Å². The van der Waals surface area contributed by atoms with Crippen molar-refractivity contribution in [3.8, 4) is 5.75 Å². The number of nitrogens with one attached hydrogen (secondary N) is 1. The van der Waals surface area contributed by atoms with Gasteiger partial charge in [-0.05, 0) is 49.1 Å². The molecule has 2 N–H and O–H groups in total. The minimum absolute atomic E-state index is 0.0605. The standard InChI is InChI=1S/C16H25NO3/c1-2-7-17-16-6-3-13-12-14(4-5-15(13)16)20-11-10-19-9-8-18/h4-5,12,16-18H,2-3,6-11H2,1H3. The SMILES string of the molecule is CCCNC1CCc2cc(OCCOCCO)ccc21. The van der Waals surface area contributed by atoms with Crippen molar-refractivity contribution < 1.29 is 14.6 Å². The van der Waals surface area contributed by atoms with Crippen LogP contribution in [-0.2, 0) is 11.2 Å². The van der Waals surface area contributed by atoms with Crippen molar-refractivity contribution in [3.63, 3.8) is 0 Å². The second-order valence-electron chi connectivity index (χ2n) is 5.09. The van der Waals surface area contributed by atoms with E-state index in [4.69, 9.17) is 14.6 Å². The second-order valence-corrected chi connectivity index (χ2v) is 5.09. The number of aliphatic hydroxyl groups excluding tert-OH is 1. The summed E-state index contributed by atoms with van der Waals surface area (Å²) in [4.78, 5) is 0. The Labute approximate surface area is 121 Å². The van der Waals surface area contributed by atoms with Gasteiger partial charge in [-0.2, -0.15) is 0 Å². The van der Waals surface area contributed by atoms with E-state index in [-0.39, 0.29) is 6.61 Å². The molecular formula is C16H25NO3. The molecule has 0 aromatic heterocycles. The molecule has 0 bridgehead atoms. The van der Waals surface area contributed by atoms with Crippen LogP contribution in [0.4, 0.5) is 0 Å². The molecule has 112 valence electrons. The minimum atomic E-state index is 0.0605. The lowest BCUT2D eigenvalue weighted by Crippen LogP contribution is -2.19. The van der Waals surface area contributed by atoms with Crippen LogP contribution in [0.15, 0.2) is 18.2 Å². The zero-order chi connectivity index (χ0) is 14.2. The van der Waals surface area contributed by atoms with Crippen molar-refractivity contribution in [2.75, 3.05) is 33.0 Å². The number of aryl methyl sites for hydroxylation is 1. The van der Waals surface area contributed by atoms with E-state index in [9.17, 15) is 0 Å². The van der Waals surface area contributed by atoms with Gasteiger partial charge >= 0.3 is 0 Å². The van der Waals surface area contributed by atoms with E-state index >= 15 is 0 Å². The van der Waals surface area contributed by atoms with Crippen LogP contribution >= 0.6 is 0 Å². The van der Waals surface area contributed by atoms with Crippen LogP contribution in [0.3, 0.4) is 0 Å². The van der Waals surface area contributed by atoms with Gasteiger partial charge in [-0.25, -0.2) is 0 Å². The maximum atomic E-state index is 8.60. The lowest BCUT2D eigenvalue weighted by atomic mass is 10.1. The third kappa shape index (κ3) is 4.20. The summed E-state index contributed by atoms with van der Waals surface area (Å²) >= 11 is 0. The third-order valence-corrected chi connectivity index (χ3v) is 3.56. The Morgan fingerprint density at radius 3 is 3.00 bits per heavy atom. The molecule has 4 nitrogen and oxygen atoms in total. The van der Waals surface area contributed by atoms with E-state index in [1.54, 1.807) is 0 Å². The number of ether oxygens (including phenoxy) is 2. The summed E-state index contributed by atoms with van der Waals surface area (Å²) in [6.07, 6.45) is 3.47. The van der Waals surface area contributed by atoms with Crippen molar-refractivity contribution in [2.24, 2.45) is 0 Å². The van der Waals surface area contributed by atoms with Gasteiger partial charge in [0.15, 0.2) is 0 Å². The molecule has 1 aliphatic rings. The fourth-order valence-corrected chi connectivity index (χ4v) is 2.60. The highest BCUT2D eigenvalue weighted by Gasteiger charge is 2.21. The zero-order valence-corrected chi connectivity index (χ0v) is 12.2. The van der Waals surface area contributed by atoms with Crippen LogP contribution in [0.5, 0.6) is 5.75 Å². The topological polar surface area (TPSA) is 50.7 Å². The van der Waals surface area contributed by atoms with E-state index < -0.39 is 0 Å². The maximum Gasteiger partial charge on any atom is 0.119 e. The molecule has 0 heterocycles. The van der Waals surface area contributed by atoms with Crippen molar-refractivity contribution >= 4 is 0 Å². The number of hydrogen-bond acceptors (Lipinski definition) is 4. The highest BCUT2D eigenvalue weighted by atomic mass is 16.5. The van der Waals surface area contributed by atoms with Gasteiger partial charge < -0.3 is 19.9 Å². The summed E-state index contributed by atoms with van der Waals surface area (Å²) in [5.74, 6) is 0.910. The molecule has 1 atom stereocenters. The molecule has 0 fully saturated rings. The van der Waals surface area contributed by atoms with Crippen LogP contribution in [0.25, 0.3) is 0 Å². The van der Waals surface area contributed by atoms with Gasteiger partial charge in [0.2, 0.25) is 0 Å². The van der Waals surface area contributed by atoms with Gasteiger partial charge in [0.1, 0.15) is 12.4 Å². The number of aliphatic hydroxyl groups is 1. The molecule has 20 heavy (non-hydrogen) atoms. The maximum absolute atomic E-state index is 8.60. The van der Waals surface area contributed by atoms with Crippen molar-refractivity contribution in [1.82, 2.24) is 5.32 Å². The van der Waals surface area contributed by atoms with Gasteiger partial charge in [-0.1, -0.05) is 13.0 Å². The summed E-state index contributed by atoms with van der Waals surface area (Å²) in [5.41, 5.74) is 2.81. The van der Waals surface area contributed by atoms with Gasteiger partial charge in [-0.15, -0.1) is 0 Å². The highest BCUT2D eigenvalue weighted by molar-refractivity contribution is 5.40. The molecule has 1 unspecified atom stereocenters. The molecule has 2 rings (SSSR count). The Balaban J connectivity index is 1.83. The predicted molar refractivity (Wildman–Crippen MR) is 79.2 cm³/mol. The fourth-order valence-electron chi connectivity index (χ4n) is 2.60. The Morgan fingerprint density at radius 1 is 1.30 bits per heavy atom. The molecule has 1 aliphatic carbocycles. The molecule has 0 radical (unpaired) electrons. The average molecular weight is 279 g/mol. The van der Waals surface area contributed by atoms with E-state index in [1.165, 1.54) is 24.0 Å². The molecule has 0 aliphatic heterocycles. The van der Waals surface area contributed by atoms with Crippen molar-refractivity contribution in [3.05, 3.63) is 29.3 Å². The molecule has 1 aromatic rings. The molecule has 0 amide bonds. The minimum Gasteiger partial charge on any atom is -0.491 e. The Bertz CT molecular complexity index is 409. The highest BCUT2D eigenvalue weighted by Crippen LogP contribution is 2.33.